The topological polar surface area (TPSA) is 172 Å². The number of β-lactam (4-membered cyclic amide) rings is 1. The molecule has 5 N–H and O–H groups in total. The molecule has 11 nitrogen and oxygen atoms in total. The molecule has 0 saturated carbocycles. The van der Waals surface area contributed by atoms with Gasteiger partial charge in [0.1, 0.15) is 11.4 Å². The number of fused-ring (bicyclic) bond motifs is 1. The van der Waals surface area contributed by atoms with Crippen molar-refractivity contribution in [2.75, 3.05) is 11.5 Å². The summed E-state index contributed by atoms with van der Waals surface area (Å²) in [5.74, 6) is -2.05. The summed E-state index contributed by atoms with van der Waals surface area (Å²) in [5, 5.41) is 21.4. The molecule has 148 valence electrons. The van der Waals surface area contributed by atoms with Gasteiger partial charge in [-0.3, -0.25) is 19.3 Å². The predicted octanol–water partition coefficient (Wildman–Crippen LogP) is 0.519. The van der Waals surface area contributed by atoms with Crippen LogP contribution in [-0.2, 0) is 19.1 Å². The quantitative estimate of drug-likeness (QED) is 0.285. The molecule has 3 rings (SSSR count). The van der Waals surface area contributed by atoms with E-state index in [1.165, 1.54) is 29.3 Å². The molecule has 0 unspecified atom stereocenters. The molecule has 0 bridgehead atoms. The van der Waals surface area contributed by atoms with Crippen LogP contribution in [0.5, 0.6) is 0 Å². The summed E-state index contributed by atoms with van der Waals surface area (Å²) in [4.78, 5) is 51.8. The van der Waals surface area contributed by atoms with Crippen LogP contribution in [0, 0.1) is 0 Å². The lowest BCUT2D eigenvalue weighted by molar-refractivity contribution is -0.148. The van der Waals surface area contributed by atoms with Gasteiger partial charge in [0.25, 0.3) is 11.8 Å². The molecule has 2 aliphatic rings. The Morgan fingerprint density at radius 1 is 1.43 bits per heavy atom. The highest BCUT2D eigenvalue weighted by atomic mass is 32.2. The third-order valence-electron chi connectivity index (χ3n) is 3.81. The number of thiazole rings is 1. The number of carbonyl (C=O) groups excluding carboxylic acids is 2. The first kappa shape index (κ1) is 19.7. The third kappa shape index (κ3) is 3.94. The van der Waals surface area contributed by atoms with Crippen molar-refractivity contribution >= 4 is 57.7 Å². The summed E-state index contributed by atoms with van der Waals surface area (Å²) in [6, 6.07) is -0.914. The summed E-state index contributed by atoms with van der Waals surface area (Å²) in [6.07, 6.45) is 0.696. The summed E-state index contributed by atoms with van der Waals surface area (Å²) in [7, 11) is 0. The van der Waals surface area contributed by atoms with Gasteiger partial charge in [0, 0.05) is 11.1 Å². The van der Waals surface area contributed by atoms with E-state index in [1.54, 1.807) is 0 Å². The van der Waals surface area contributed by atoms with Gasteiger partial charge in [0.2, 0.25) is 5.88 Å². The Balaban J connectivity index is 1.75. The number of carbonyl (C=O) groups is 4. The minimum Gasteiger partial charge on any atom is -0.481 e. The van der Waals surface area contributed by atoms with Gasteiger partial charge in [-0.2, -0.15) is 0 Å². The van der Waals surface area contributed by atoms with E-state index in [-0.39, 0.29) is 22.3 Å². The van der Waals surface area contributed by atoms with Crippen LogP contribution in [0.25, 0.3) is 5.57 Å². The molecule has 2 aliphatic heterocycles. The number of ether oxygens (including phenoxy) is 1. The highest BCUT2D eigenvalue weighted by molar-refractivity contribution is 8.00. The van der Waals surface area contributed by atoms with E-state index >= 15 is 0 Å². The third-order valence-corrected chi connectivity index (χ3v) is 5.66. The molecule has 1 saturated heterocycles. The average Bonchev–Trinajstić information content (AvgIpc) is 3.04. The lowest BCUT2D eigenvalue weighted by Gasteiger charge is -2.47. The molecule has 28 heavy (non-hydrogen) atoms. The molecule has 13 heteroatoms. The predicted molar refractivity (Wildman–Crippen MR) is 99.0 cm³/mol. The first-order valence-corrected chi connectivity index (χ1v) is 9.70. The van der Waals surface area contributed by atoms with Gasteiger partial charge in [-0.05, 0) is 6.08 Å². The minimum atomic E-state index is -1.54. The molecule has 2 atom stereocenters. The first-order valence-electron chi connectivity index (χ1n) is 7.77. The number of nitrogen functional groups attached to an aromatic ring is 1. The number of nitrogens with two attached hydrogens (primary N) is 1. The lowest BCUT2D eigenvalue weighted by atomic mass is 10.1. The largest absolute Gasteiger partial charge is 0.512 e. The van der Waals surface area contributed by atoms with Crippen LogP contribution in [-0.4, -0.2) is 61.2 Å². The first-order chi connectivity index (χ1) is 13.3. The SMILES string of the molecule is Nc1nc(C(=CCC(=O)O)C(=O)N[C@@H]2C(=O)N3C(OC(=O)O)=CCS[C@@H]23)cs1. The Kier molecular flexibility index (Phi) is 5.56. The number of thioether (sulfide) groups is 1. The molecule has 0 aliphatic carbocycles. The van der Waals surface area contributed by atoms with Crippen molar-refractivity contribution in [1.29, 1.82) is 0 Å². The second-order valence-corrected chi connectivity index (χ2v) is 7.62. The molecule has 1 fully saturated rings. The maximum absolute atomic E-state index is 12.7. The number of aliphatic carboxylic acids is 1. The van der Waals surface area contributed by atoms with Crippen molar-refractivity contribution in [3.8, 4) is 0 Å². The second-order valence-electron chi connectivity index (χ2n) is 5.58. The summed E-state index contributed by atoms with van der Waals surface area (Å²) in [5.41, 5.74) is 5.77. The highest BCUT2D eigenvalue weighted by Gasteiger charge is 2.52. The molecular weight excluding hydrogens is 412 g/mol. The molecule has 3 heterocycles. The molecule has 1 aromatic heterocycles. The number of hydrogen-bond donors (Lipinski definition) is 4. The zero-order valence-corrected chi connectivity index (χ0v) is 15.7. The van der Waals surface area contributed by atoms with Gasteiger partial charge in [0.15, 0.2) is 5.13 Å². The number of carboxylic acids is 1. The van der Waals surface area contributed by atoms with Crippen LogP contribution in [0.15, 0.2) is 23.4 Å². The number of rotatable bonds is 6. The van der Waals surface area contributed by atoms with E-state index < -0.39 is 41.8 Å². The number of nitrogens with zero attached hydrogens (tertiary/aromatic N) is 2. The molecule has 0 radical (unpaired) electrons. The lowest BCUT2D eigenvalue weighted by Crippen LogP contribution is -2.69. The Hall–Kier alpha value is -3.06. The van der Waals surface area contributed by atoms with E-state index in [0.29, 0.717) is 5.75 Å². The Labute approximate surface area is 165 Å². The fourth-order valence-electron chi connectivity index (χ4n) is 2.63. The monoisotopic (exact) mass is 426 g/mol. The van der Waals surface area contributed by atoms with Crippen LogP contribution in [0.2, 0.25) is 0 Å². The normalized spacial score (nSPS) is 21.3. The summed E-state index contributed by atoms with van der Waals surface area (Å²) in [6.45, 7) is 0. The number of hydrogen-bond acceptors (Lipinski definition) is 9. The average molecular weight is 426 g/mol. The van der Waals surface area contributed by atoms with Crippen LogP contribution in [0.3, 0.4) is 0 Å². The number of aromatic nitrogens is 1. The zero-order chi connectivity index (χ0) is 20.4. The van der Waals surface area contributed by atoms with Gasteiger partial charge >= 0.3 is 12.1 Å². The minimum absolute atomic E-state index is 0.0139. The van der Waals surface area contributed by atoms with E-state index in [0.717, 1.165) is 16.2 Å². The van der Waals surface area contributed by atoms with Gasteiger partial charge in [-0.1, -0.05) is 6.08 Å². The summed E-state index contributed by atoms with van der Waals surface area (Å²) >= 11 is 2.41. The summed E-state index contributed by atoms with van der Waals surface area (Å²) < 4.78 is 4.59. The fraction of sp³-hybridized carbons (Fsp3) is 0.267. The number of amides is 2. The van der Waals surface area contributed by atoms with Gasteiger partial charge in [0.05, 0.1) is 17.7 Å². The number of nitrogens with one attached hydrogen (secondary N) is 1. The van der Waals surface area contributed by atoms with Crippen molar-refractivity contribution in [3.05, 3.63) is 29.1 Å². The Bertz CT molecular complexity index is 910. The molecule has 0 spiro atoms. The van der Waals surface area contributed by atoms with E-state index in [4.69, 9.17) is 15.9 Å². The van der Waals surface area contributed by atoms with Gasteiger partial charge < -0.3 is 26.0 Å². The molecular formula is C15H14N4O7S2. The number of carboxylic acid groups (broad SMARTS) is 2. The van der Waals surface area contributed by atoms with E-state index in [2.05, 4.69) is 15.0 Å². The number of anilines is 1. The maximum atomic E-state index is 12.7. The Morgan fingerprint density at radius 3 is 2.79 bits per heavy atom. The van der Waals surface area contributed by atoms with Crippen molar-refractivity contribution in [1.82, 2.24) is 15.2 Å². The molecule has 2 amide bonds. The fourth-order valence-corrected chi connectivity index (χ4v) is 4.36. The Morgan fingerprint density at radius 2 is 2.18 bits per heavy atom. The highest BCUT2D eigenvalue weighted by Crippen LogP contribution is 2.38. The van der Waals surface area contributed by atoms with Crippen molar-refractivity contribution in [2.24, 2.45) is 0 Å². The van der Waals surface area contributed by atoms with Crippen LogP contribution in [0.1, 0.15) is 12.1 Å². The maximum Gasteiger partial charge on any atom is 0.512 e. The van der Waals surface area contributed by atoms with Crippen molar-refractivity contribution in [2.45, 2.75) is 17.8 Å². The van der Waals surface area contributed by atoms with Crippen molar-refractivity contribution in [3.63, 3.8) is 0 Å². The van der Waals surface area contributed by atoms with Crippen LogP contribution >= 0.6 is 23.1 Å². The van der Waals surface area contributed by atoms with Gasteiger partial charge in [-0.15, -0.1) is 23.1 Å². The molecule has 0 aromatic carbocycles. The van der Waals surface area contributed by atoms with Crippen molar-refractivity contribution < 1.29 is 34.1 Å². The molecule has 1 aromatic rings. The second kappa shape index (κ2) is 7.90. The zero-order valence-electron chi connectivity index (χ0n) is 14.0. The van der Waals surface area contributed by atoms with Crippen LogP contribution < -0.4 is 11.1 Å². The van der Waals surface area contributed by atoms with E-state index in [9.17, 15) is 19.2 Å². The van der Waals surface area contributed by atoms with E-state index in [1.807, 2.05) is 0 Å². The smallest absolute Gasteiger partial charge is 0.481 e. The van der Waals surface area contributed by atoms with Crippen LogP contribution in [0.4, 0.5) is 9.93 Å². The standard InChI is InChI=1S/C15H14N4O7S2/c16-14-17-7(5-28-14)6(1-2-9(20)21)11(22)18-10-12(23)19-8(26-15(24)25)3-4-27-13(10)19/h1,3,5,10,13H,2,4H2,(H2,16,17)(H,18,22)(H,20,21)(H,24,25)/t10-,13+/m1/s1. The van der Waals surface area contributed by atoms with Gasteiger partial charge in [-0.25, -0.2) is 9.78 Å².